The topological polar surface area (TPSA) is 54.1 Å². The normalized spacial score (nSPS) is 11.8. The Morgan fingerprint density at radius 1 is 1.29 bits per heavy atom. The van der Waals surface area contributed by atoms with Crippen molar-refractivity contribution in [2.45, 2.75) is 32.6 Å². The number of benzene rings is 1. The Morgan fingerprint density at radius 2 is 2.05 bits per heavy atom. The van der Waals surface area contributed by atoms with Crippen LogP contribution in [0.2, 0.25) is 0 Å². The number of fused-ring (bicyclic) bond motifs is 1. The van der Waals surface area contributed by atoms with Crippen molar-refractivity contribution in [3.05, 3.63) is 35.5 Å². The fraction of sp³-hybridized carbons (Fsp3) is 0.471. The number of carbonyl (C=O) groups is 1. The van der Waals surface area contributed by atoms with E-state index in [0.717, 1.165) is 17.3 Å². The molecular formula is C17H24N2O2. The molecule has 0 fully saturated rings. The van der Waals surface area contributed by atoms with Gasteiger partial charge in [-0.05, 0) is 29.5 Å². The van der Waals surface area contributed by atoms with Gasteiger partial charge in [0.25, 0.3) is 5.91 Å². The molecule has 0 aliphatic carbocycles. The highest BCUT2D eigenvalue weighted by molar-refractivity contribution is 5.98. The molecule has 0 radical (unpaired) electrons. The standard InChI is InChI=1S/C17H24N2O2/c1-17(2,3)13-7-6-12-10-15(19-14(12)11-13)16(20)18-8-5-9-21-4/h6-7,10-11,19H,5,8-9H2,1-4H3,(H,18,20). The van der Waals surface area contributed by atoms with Crippen molar-refractivity contribution in [2.75, 3.05) is 20.3 Å². The Kier molecular flexibility index (Phi) is 4.68. The van der Waals surface area contributed by atoms with Gasteiger partial charge in [-0.3, -0.25) is 4.79 Å². The molecule has 4 nitrogen and oxygen atoms in total. The number of aromatic nitrogens is 1. The van der Waals surface area contributed by atoms with Gasteiger partial charge in [0.1, 0.15) is 5.69 Å². The minimum absolute atomic E-state index is 0.0698. The number of rotatable bonds is 5. The summed E-state index contributed by atoms with van der Waals surface area (Å²) in [7, 11) is 1.66. The van der Waals surface area contributed by atoms with Crippen molar-refractivity contribution < 1.29 is 9.53 Å². The SMILES string of the molecule is COCCCNC(=O)c1cc2ccc(C(C)(C)C)cc2[nH]1. The van der Waals surface area contributed by atoms with Gasteiger partial charge in [0.2, 0.25) is 0 Å². The molecule has 0 unspecified atom stereocenters. The molecule has 4 heteroatoms. The first kappa shape index (κ1) is 15.6. The molecule has 0 spiro atoms. The van der Waals surface area contributed by atoms with Gasteiger partial charge >= 0.3 is 0 Å². The van der Waals surface area contributed by atoms with Gasteiger partial charge in [0.05, 0.1) is 0 Å². The van der Waals surface area contributed by atoms with Crippen molar-refractivity contribution in [3.8, 4) is 0 Å². The smallest absolute Gasteiger partial charge is 0.267 e. The van der Waals surface area contributed by atoms with Crippen LogP contribution in [0.4, 0.5) is 0 Å². The lowest BCUT2D eigenvalue weighted by molar-refractivity contribution is 0.0944. The molecule has 114 valence electrons. The highest BCUT2D eigenvalue weighted by Crippen LogP contribution is 2.26. The Morgan fingerprint density at radius 3 is 2.71 bits per heavy atom. The number of ether oxygens (including phenoxy) is 1. The minimum atomic E-state index is -0.0698. The number of methoxy groups -OCH3 is 1. The fourth-order valence-corrected chi connectivity index (χ4v) is 2.23. The number of H-pyrrole nitrogens is 1. The van der Waals surface area contributed by atoms with E-state index in [1.807, 2.05) is 6.07 Å². The number of hydrogen-bond acceptors (Lipinski definition) is 2. The highest BCUT2D eigenvalue weighted by atomic mass is 16.5. The number of aromatic amines is 1. The van der Waals surface area contributed by atoms with E-state index in [-0.39, 0.29) is 11.3 Å². The largest absolute Gasteiger partial charge is 0.385 e. The van der Waals surface area contributed by atoms with Gasteiger partial charge < -0.3 is 15.0 Å². The quantitative estimate of drug-likeness (QED) is 0.830. The Balaban J connectivity index is 2.13. The van der Waals surface area contributed by atoms with Crippen LogP contribution in [0.5, 0.6) is 0 Å². The molecule has 0 saturated carbocycles. The summed E-state index contributed by atoms with van der Waals surface area (Å²) < 4.78 is 4.96. The van der Waals surface area contributed by atoms with Gasteiger partial charge in [-0.2, -0.15) is 0 Å². The van der Waals surface area contributed by atoms with E-state index in [0.29, 0.717) is 18.8 Å². The molecule has 0 saturated heterocycles. The highest BCUT2D eigenvalue weighted by Gasteiger charge is 2.15. The second kappa shape index (κ2) is 6.31. The van der Waals surface area contributed by atoms with Crippen molar-refractivity contribution in [1.29, 1.82) is 0 Å². The maximum atomic E-state index is 12.1. The molecule has 1 aromatic carbocycles. The number of carbonyl (C=O) groups excluding carboxylic acids is 1. The van der Waals surface area contributed by atoms with Crippen molar-refractivity contribution in [1.82, 2.24) is 10.3 Å². The fourth-order valence-electron chi connectivity index (χ4n) is 2.23. The van der Waals surface area contributed by atoms with E-state index >= 15 is 0 Å². The molecule has 0 aliphatic rings. The summed E-state index contributed by atoms with van der Waals surface area (Å²) in [5.41, 5.74) is 2.96. The molecule has 21 heavy (non-hydrogen) atoms. The summed E-state index contributed by atoms with van der Waals surface area (Å²) in [5, 5.41) is 3.95. The van der Waals surface area contributed by atoms with Gasteiger partial charge in [0.15, 0.2) is 0 Å². The summed E-state index contributed by atoms with van der Waals surface area (Å²) in [6.07, 6.45) is 0.816. The van der Waals surface area contributed by atoms with Crippen LogP contribution in [-0.2, 0) is 10.2 Å². The van der Waals surface area contributed by atoms with Crippen LogP contribution in [0.1, 0.15) is 43.2 Å². The molecule has 1 aromatic heterocycles. The summed E-state index contributed by atoms with van der Waals surface area (Å²) in [4.78, 5) is 15.3. The summed E-state index contributed by atoms with van der Waals surface area (Å²) in [6.45, 7) is 7.82. The van der Waals surface area contributed by atoms with Crippen LogP contribution >= 0.6 is 0 Å². The summed E-state index contributed by atoms with van der Waals surface area (Å²) in [5.74, 6) is -0.0698. The number of nitrogens with one attached hydrogen (secondary N) is 2. The van der Waals surface area contributed by atoms with E-state index in [2.05, 4.69) is 49.3 Å². The summed E-state index contributed by atoms with van der Waals surface area (Å²) >= 11 is 0. The first-order valence-electron chi connectivity index (χ1n) is 7.32. The zero-order valence-electron chi connectivity index (χ0n) is 13.2. The van der Waals surface area contributed by atoms with Crippen LogP contribution in [0.25, 0.3) is 10.9 Å². The lowest BCUT2D eigenvalue weighted by atomic mass is 9.87. The Bertz CT molecular complexity index is 623. The third-order valence-corrected chi connectivity index (χ3v) is 3.54. The lowest BCUT2D eigenvalue weighted by Crippen LogP contribution is -2.25. The van der Waals surface area contributed by atoms with E-state index < -0.39 is 0 Å². The van der Waals surface area contributed by atoms with E-state index in [1.165, 1.54) is 5.56 Å². The molecule has 1 amide bonds. The van der Waals surface area contributed by atoms with Crippen LogP contribution in [0.15, 0.2) is 24.3 Å². The maximum absolute atomic E-state index is 12.1. The van der Waals surface area contributed by atoms with E-state index in [1.54, 1.807) is 7.11 Å². The van der Waals surface area contributed by atoms with Crippen LogP contribution in [-0.4, -0.2) is 31.2 Å². The van der Waals surface area contributed by atoms with Gasteiger partial charge in [-0.25, -0.2) is 0 Å². The van der Waals surface area contributed by atoms with Crippen LogP contribution in [0, 0.1) is 0 Å². The minimum Gasteiger partial charge on any atom is -0.385 e. The van der Waals surface area contributed by atoms with Crippen LogP contribution < -0.4 is 5.32 Å². The zero-order chi connectivity index (χ0) is 15.5. The van der Waals surface area contributed by atoms with E-state index in [9.17, 15) is 4.79 Å². The van der Waals surface area contributed by atoms with Gasteiger partial charge in [-0.15, -0.1) is 0 Å². The Hall–Kier alpha value is -1.81. The van der Waals surface area contributed by atoms with E-state index in [4.69, 9.17) is 4.74 Å². The predicted molar refractivity (Wildman–Crippen MR) is 85.8 cm³/mol. The molecule has 0 bridgehead atoms. The molecule has 2 rings (SSSR count). The zero-order valence-corrected chi connectivity index (χ0v) is 13.2. The molecule has 1 heterocycles. The first-order valence-corrected chi connectivity index (χ1v) is 7.32. The molecule has 2 N–H and O–H groups in total. The second-order valence-electron chi connectivity index (χ2n) is 6.34. The number of hydrogen-bond donors (Lipinski definition) is 2. The molecule has 0 atom stereocenters. The second-order valence-corrected chi connectivity index (χ2v) is 6.34. The van der Waals surface area contributed by atoms with Gasteiger partial charge in [0, 0.05) is 31.2 Å². The Labute approximate surface area is 125 Å². The molecule has 0 aliphatic heterocycles. The number of amides is 1. The average Bonchev–Trinajstić information content (AvgIpc) is 2.85. The third kappa shape index (κ3) is 3.85. The molecule has 2 aromatic rings. The third-order valence-electron chi connectivity index (χ3n) is 3.54. The monoisotopic (exact) mass is 288 g/mol. The summed E-state index contributed by atoms with van der Waals surface area (Å²) in [6, 6.07) is 8.20. The molecular weight excluding hydrogens is 264 g/mol. The first-order chi connectivity index (χ1) is 9.91. The van der Waals surface area contributed by atoms with Crippen molar-refractivity contribution in [2.24, 2.45) is 0 Å². The van der Waals surface area contributed by atoms with Crippen molar-refractivity contribution in [3.63, 3.8) is 0 Å². The van der Waals surface area contributed by atoms with Crippen LogP contribution in [0.3, 0.4) is 0 Å². The average molecular weight is 288 g/mol. The van der Waals surface area contributed by atoms with Crippen molar-refractivity contribution >= 4 is 16.8 Å². The predicted octanol–water partition coefficient (Wildman–Crippen LogP) is 3.23. The van der Waals surface area contributed by atoms with Gasteiger partial charge in [-0.1, -0.05) is 32.9 Å². The lowest BCUT2D eigenvalue weighted by Gasteiger charge is -2.18. The maximum Gasteiger partial charge on any atom is 0.267 e.